The van der Waals surface area contributed by atoms with Crippen LogP contribution in [0.25, 0.3) is 0 Å². The summed E-state index contributed by atoms with van der Waals surface area (Å²) in [5.74, 6) is -1.14. The van der Waals surface area contributed by atoms with Gasteiger partial charge in [0.1, 0.15) is 4.88 Å². The van der Waals surface area contributed by atoms with Gasteiger partial charge < -0.3 is 10.1 Å². The maximum Gasteiger partial charge on any atom is 0.348 e. The molecule has 0 saturated heterocycles. The number of fused-ring (bicyclic) bond motifs is 1. The van der Waals surface area contributed by atoms with Gasteiger partial charge in [0.15, 0.2) is 6.61 Å². The smallest absolute Gasteiger partial charge is 0.348 e. The second-order valence-electron chi connectivity index (χ2n) is 5.50. The molecule has 1 aliphatic carbocycles. The summed E-state index contributed by atoms with van der Waals surface area (Å²) in [5, 5.41) is 4.63. The van der Waals surface area contributed by atoms with E-state index in [1.165, 1.54) is 28.2 Å². The largest absolute Gasteiger partial charge is 0.451 e. The Bertz CT molecular complexity index is 559. The zero-order chi connectivity index (χ0) is 16.7. The molecule has 0 atom stereocenters. The standard InChI is InChI=1S/C16H22N2O4S/c1-2-8-17-16(21)18-14(19)10-22-15(20)13-9-11-6-4-3-5-7-12(11)23-13/h9H,2-8,10H2,1H3,(H2,17,18,19,21). The van der Waals surface area contributed by atoms with E-state index in [1.807, 2.05) is 13.0 Å². The third-order valence-electron chi connectivity index (χ3n) is 3.57. The number of imide groups is 1. The monoisotopic (exact) mass is 338 g/mol. The zero-order valence-corrected chi connectivity index (χ0v) is 14.1. The van der Waals surface area contributed by atoms with Gasteiger partial charge >= 0.3 is 12.0 Å². The quantitative estimate of drug-likeness (QED) is 0.638. The fraction of sp³-hybridized carbons (Fsp3) is 0.562. The summed E-state index contributed by atoms with van der Waals surface area (Å²) in [6, 6.07) is 1.30. The van der Waals surface area contributed by atoms with Crippen molar-refractivity contribution in [2.75, 3.05) is 13.2 Å². The number of carbonyl (C=O) groups is 3. The van der Waals surface area contributed by atoms with Crippen LogP contribution in [-0.4, -0.2) is 31.1 Å². The van der Waals surface area contributed by atoms with Crippen molar-refractivity contribution in [1.29, 1.82) is 0 Å². The summed E-state index contributed by atoms with van der Waals surface area (Å²) in [6.07, 6.45) is 6.30. The van der Waals surface area contributed by atoms with Crippen LogP contribution < -0.4 is 10.6 Å². The van der Waals surface area contributed by atoms with Crippen LogP contribution in [0.4, 0.5) is 4.79 Å². The van der Waals surface area contributed by atoms with E-state index in [9.17, 15) is 14.4 Å². The molecule has 2 N–H and O–H groups in total. The van der Waals surface area contributed by atoms with Gasteiger partial charge in [0.25, 0.3) is 5.91 Å². The molecule has 3 amide bonds. The lowest BCUT2D eigenvalue weighted by atomic mass is 10.1. The summed E-state index contributed by atoms with van der Waals surface area (Å²) >= 11 is 1.45. The lowest BCUT2D eigenvalue weighted by molar-refractivity contribution is -0.123. The van der Waals surface area contributed by atoms with Gasteiger partial charge in [-0.1, -0.05) is 13.3 Å². The number of aryl methyl sites for hydroxylation is 2. The molecule has 1 aliphatic rings. The Morgan fingerprint density at radius 3 is 2.78 bits per heavy atom. The third kappa shape index (κ3) is 5.35. The summed E-state index contributed by atoms with van der Waals surface area (Å²) in [6.45, 7) is 1.94. The van der Waals surface area contributed by atoms with Crippen molar-refractivity contribution in [3.8, 4) is 0 Å². The predicted molar refractivity (Wildman–Crippen MR) is 87.7 cm³/mol. The molecule has 0 aliphatic heterocycles. The van der Waals surface area contributed by atoms with Crippen molar-refractivity contribution in [1.82, 2.24) is 10.6 Å². The highest BCUT2D eigenvalue weighted by atomic mass is 32.1. The molecule has 2 rings (SSSR count). The minimum Gasteiger partial charge on any atom is -0.451 e. The van der Waals surface area contributed by atoms with Gasteiger partial charge in [-0.2, -0.15) is 0 Å². The molecule has 0 spiro atoms. The number of carbonyl (C=O) groups excluding carboxylic acids is 3. The molecule has 0 aromatic carbocycles. The third-order valence-corrected chi connectivity index (χ3v) is 4.79. The van der Waals surface area contributed by atoms with Crippen LogP contribution in [0.3, 0.4) is 0 Å². The number of thiophene rings is 1. The van der Waals surface area contributed by atoms with E-state index in [2.05, 4.69) is 10.6 Å². The first kappa shape index (κ1) is 17.5. The molecule has 7 heteroatoms. The van der Waals surface area contributed by atoms with Gasteiger partial charge in [-0.25, -0.2) is 9.59 Å². The minimum atomic E-state index is -0.634. The van der Waals surface area contributed by atoms with Crippen LogP contribution in [0.5, 0.6) is 0 Å². The Kier molecular flexibility index (Phi) is 6.58. The molecule has 126 valence electrons. The Morgan fingerprint density at radius 2 is 2.00 bits per heavy atom. The molecule has 6 nitrogen and oxygen atoms in total. The van der Waals surface area contributed by atoms with E-state index >= 15 is 0 Å². The fourth-order valence-corrected chi connectivity index (χ4v) is 3.56. The highest BCUT2D eigenvalue weighted by Crippen LogP contribution is 2.29. The summed E-state index contributed by atoms with van der Waals surface area (Å²) in [4.78, 5) is 36.7. The topological polar surface area (TPSA) is 84.5 Å². The summed E-state index contributed by atoms with van der Waals surface area (Å²) < 4.78 is 4.98. The predicted octanol–water partition coefficient (Wildman–Crippen LogP) is 2.41. The first-order valence-corrected chi connectivity index (χ1v) is 8.78. The van der Waals surface area contributed by atoms with Crippen molar-refractivity contribution in [3.05, 3.63) is 21.4 Å². The normalized spacial score (nSPS) is 13.6. The Balaban J connectivity index is 1.80. The van der Waals surface area contributed by atoms with Gasteiger partial charge in [0, 0.05) is 11.4 Å². The molecule has 1 heterocycles. The number of hydrogen-bond acceptors (Lipinski definition) is 5. The van der Waals surface area contributed by atoms with Crippen LogP contribution in [0, 0.1) is 0 Å². The van der Waals surface area contributed by atoms with E-state index in [-0.39, 0.29) is 0 Å². The van der Waals surface area contributed by atoms with Crippen LogP contribution in [0.1, 0.15) is 52.7 Å². The van der Waals surface area contributed by atoms with Crippen LogP contribution >= 0.6 is 11.3 Å². The molecule has 0 radical (unpaired) electrons. The Hall–Kier alpha value is -1.89. The SMILES string of the molecule is CCCNC(=O)NC(=O)COC(=O)c1cc2c(s1)CCCCC2. The number of urea groups is 1. The molecular formula is C16H22N2O4S. The van der Waals surface area contributed by atoms with Crippen LogP contribution in [0.15, 0.2) is 6.07 Å². The average Bonchev–Trinajstić information content (AvgIpc) is 2.81. The molecule has 0 bridgehead atoms. The fourth-order valence-electron chi connectivity index (χ4n) is 2.42. The number of amides is 3. The van der Waals surface area contributed by atoms with Crippen molar-refractivity contribution in [3.63, 3.8) is 0 Å². The van der Waals surface area contributed by atoms with Gasteiger partial charge in [0.2, 0.25) is 0 Å². The van der Waals surface area contributed by atoms with Crippen LogP contribution in [0.2, 0.25) is 0 Å². The maximum absolute atomic E-state index is 12.0. The Labute approximate surface area is 139 Å². The van der Waals surface area contributed by atoms with E-state index in [0.717, 1.165) is 32.1 Å². The number of hydrogen-bond donors (Lipinski definition) is 2. The molecule has 1 aromatic rings. The first-order valence-electron chi connectivity index (χ1n) is 7.96. The van der Waals surface area contributed by atoms with Gasteiger partial charge in [-0.15, -0.1) is 11.3 Å². The van der Waals surface area contributed by atoms with Gasteiger partial charge in [0.05, 0.1) is 0 Å². The lowest BCUT2D eigenvalue weighted by Crippen LogP contribution is -2.41. The lowest BCUT2D eigenvalue weighted by Gasteiger charge is -2.06. The summed E-state index contributed by atoms with van der Waals surface area (Å²) in [5.41, 5.74) is 1.22. The second-order valence-corrected chi connectivity index (χ2v) is 6.64. The van der Waals surface area contributed by atoms with Crippen molar-refractivity contribution >= 4 is 29.2 Å². The van der Waals surface area contributed by atoms with E-state index < -0.39 is 24.5 Å². The minimum absolute atomic E-state index is 0.457. The highest BCUT2D eigenvalue weighted by Gasteiger charge is 2.18. The first-order chi connectivity index (χ1) is 11.1. The molecule has 0 saturated carbocycles. The van der Waals surface area contributed by atoms with Gasteiger partial charge in [-0.05, 0) is 43.7 Å². The second kappa shape index (κ2) is 8.67. The van der Waals surface area contributed by atoms with Crippen LogP contribution in [-0.2, 0) is 22.4 Å². The zero-order valence-electron chi connectivity index (χ0n) is 13.3. The van der Waals surface area contributed by atoms with E-state index in [0.29, 0.717) is 11.4 Å². The molecular weight excluding hydrogens is 316 g/mol. The highest BCUT2D eigenvalue weighted by molar-refractivity contribution is 7.14. The van der Waals surface area contributed by atoms with Crippen molar-refractivity contribution in [2.45, 2.75) is 45.4 Å². The van der Waals surface area contributed by atoms with E-state index in [1.54, 1.807) is 0 Å². The van der Waals surface area contributed by atoms with Crippen molar-refractivity contribution < 1.29 is 19.1 Å². The van der Waals surface area contributed by atoms with Gasteiger partial charge in [-0.3, -0.25) is 10.1 Å². The average molecular weight is 338 g/mol. The molecule has 1 aromatic heterocycles. The van der Waals surface area contributed by atoms with Crippen molar-refractivity contribution in [2.24, 2.45) is 0 Å². The summed E-state index contributed by atoms with van der Waals surface area (Å²) in [7, 11) is 0. The number of ether oxygens (including phenoxy) is 1. The number of esters is 1. The molecule has 0 fully saturated rings. The molecule has 23 heavy (non-hydrogen) atoms. The molecule has 0 unspecified atom stereocenters. The maximum atomic E-state index is 12.0. The number of nitrogens with one attached hydrogen (secondary N) is 2. The number of rotatable bonds is 5. The van der Waals surface area contributed by atoms with E-state index in [4.69, 9.17) is 4.74 Å². The Morgan fingerprint density at radius 1 is 1.22 bits per heavy atom.